The largest absolute Gasteiger partial charge is 0.476 e. The Hall–Kier alpha value is -4.76. The van der Waals surface area contributed by atoms with Crippen molar-refractivity contribution in [1.82, 2.24) is 9.97 Å². The van der Waals surface area contributed by atoms with Crippen LogP contribution in [0, 0.1) is 0 Å². The summed E-state index contributed by atoms with van der Waals surface area (Å²) in [5, 5.41) is 15.3. The smallest absolute Gasteiger partial charge is 0.358 e. The van der Waals surface area contributed by atoms with Gasteiger partial charge in [0.05, 0.1) is 21.6 Å². The highest BCUT2D eigenvalue weighted by molar-refractivity contribution is 7.22. The summed E-state index contributed by atoms with van der Waals surface area (Å²) in [7, 11) is 0. The van der Waals surface area contributed by atoms with Gasteiger partial charge in [-0.15, -0.1) is 0 Å². The molecule has 1 aliphatic carbocycles. The molecule has 0 fully saturated rings. The summed E-state index contributed by atoms with van der Waals surface area (Å²) < 4.78 is 12.2. The molecule has 0 saturated carbocycles. The molecule has 0 aliphatic heterocycles. The first kappa shape index (κ1) is 24.6. The number of carboxylic acid groups (broad SMARTS) is 1. The van der Waals surface area contributed by atoms with Gasteiger partial charge in [0.25, 0.3) is 0 Å². The van der Waals surface area contributed by atoms with Crippen LogP contribution in [0.25, 0.3) is 21.5 Å². The Kier molecular flexibility index (Phi) is 6.88. The number of fused-ring (bicyclic) bond motifs is 2. The van der Waals surface area contributed by atoms with Crippen LogP contribution in [0.4, 0.5) is 5.13 Å². The van der Waals surface area contributed by atoms with Crippen LogP contribution in [-0.2, 0) is 6.42 Å². The lowest BCUT2D eigenvalue weighted by molar-refractivity contribution is 0.0674. The van der Waals surface area contributed by atoms with E-state index in [1.165, 1.54) is 5.56 Å². The Morgan fingerprint density at radius 2 is 1.79 bits per heavy atom. The van der Waals surface area contributed by atoms with E-state index < -0.39 is 5.97 Å². The molecule has 2 aromatic heterocycles. The van der Waals surface area contributed by atoms with Crippen molar-refractivity contribution in [2.45, 2.75) is 19.3 Å². The standard InChI is InChI=1S/C30H24N4O4S/c35-29(36)28-26(38-18-37-21-8-2-1-3-9-21)16-15-23(31-28)20-14-13-19-7-6-11-24(22(19)17-20)33-34-30-32-25-10-4-5-12-27(25)39-30/h1-5,8-10,12-17H,6-7,11,18H2,(H,32,34)(H,35,36)/b33-24+. The topological polar surface area (TPSA) is 106 Å². The number of benzene rings is 3. The van der Waals surface area contributed by atoms with Gasteiger partial charge in [0.1, 0.15) is 5.75 Å². The third-order valence-electron chi connectivity index (χ3n) is 6.40. The molecule has 0 saturated heterocycles. The summed E-state index contributed by atoms with van der Waals surface area (Å²) in [6, 6.07) is 26.6. The quantitative estimate of drug-likeness (QED) is 0.169. The number of aromatic carboxylic acids is 1. The van der Waals surface area contributed by atoms with Crippen molar-refractivity contribution in [3.63, 3.8) is 0 Å². The van der Waals surface area contributed by atoms with Gasteiger partial charge in [-0.1, -0.05) is 53.8 Å². The Morgan fingerprint density at radius 1 is 0.949 bits per heavy atom. The molecule has 2 heterocycles. The van der Waals surface area contributed by atoms with Gasteiger partial charge in [0.15, 0.2) is 11.4 Å². The molecule has 0 bridgehead atoms. The number of carboxylic acids is 1. The van der Waals surface area contributed by atoms with Crippen LogP contribution in [0.1, 0.15) is 34.5 Å². The molecule has 0 atom stereocenters. The summed E-state index contributed by atoms with van der Waals surface area (Å²) >= 11 is 1.56. The minimum Gasteiger partial charge on any atom is -0.476 e. The van der Waals surface area contributed by atoms with Gasteiger partial charge in [0, 0.05) is 11.1 Å². The number of anilines is 1. The van der Waals surface area contributed by atoms with Gasteiger partial charge in [-0.3, -0.25) is 5.43 Å². The second-order valence-corrected chi connectivity index (χ2v) is 9.98. The van der Waals surface area contributed by atoms with Crippen LogP contribution in [0.3, 0.4) is 0 Å². The minimum atomic E-state index is -1.17. The predicted molar refractivity (Wildman–Crippen MR) is 152 cm³/mol. The van der Waals surface area contributed by atoms with E-state index in [1.54, 1.807) is 35.6 Å². The molecule has 194 valence electrons. The number of nitrogens with one attached hydrogen (secondary N) is 1. The molecular formula is C30H24N4O4S. The van der Waals surface area contributed by atoms with Gasteiger partial charge in [-0.05, 0) is 67.3 Å². The normalized spacial score (nSPS) is 13.7. The minimum absolute atomic E-state index is 0.133. The molecule has 0 spiro atoms. The van der Waals surface area contributed by atoms with E-state index in [2.05, 4.69) is 21.5 Å². The van der Waals surface area contributed by atoms with Crippen LogP contribution in [0.5, 0.6) is 11.5 Å². The molecule has 6 rings (SSSR count). The zero-order valence-corrected chi connectivity index (χ0v) is 21.6. The van der Waals surface area contributed by atoms with Crippen molar-refractivity contribution < 1.29 is 19.4 Å². The van der Waals surface area contributed by atoms with Crippen LogP contribution < -0.4 is 14.9 Å². The van der Waals surface area contributed by atoms with E-state index in [1.807, 2.05) is 54.6 Å². The van der Waals surface area contributed by atoms with Gasteiger partial charge < -0.3 is 14.6 Å². The van der Waals surface area contributed by atoms with Crippen molar-refractivity contribution in [2.75, 3.05) is 12.2 Å². The molecule has 5 aromatic rings. The second-order valence-electron chi connectivity index (χ2n) is 8.95. The number of aromatic nitrogens is 2. The van der Waals surface area contributed by atoms with Gasteiger partial charge in [0.2, 0.25) is 11.9 Å². The summed E-state index contributed by atoms with van der Waals surface area (Å²) in [4.78, 5) is 21.0. The number of rotatable bonds is 8. The third-order valence-corrected chi connectivity index (χ3v) is 7.34. The van der Waals surface area contributed by atoms with Crippen molar-refractivity contribution in [3.05, 3.63) is 102 Å². The summed E-state index contributed by atoms with van der Waals surface area (Å²) in [5.74, 6) is -0.405. The molecule has 9 heteroatoms. The lowest BCUT2D eigenvalue weighted by atomic mass is 9.88. The van der Waals surface area contributed by atoms with Crippen LogP contribution in [-0.4, -0.2) is 33.5 Å². The van der Waals surface area contributed by atoms with Crippen LogP contribution in [0.15, 0.2) is 90.0 Å². The SMILES string of the molecule is O=C(O)c1nc(-c2ccc3c(c2)/C(=N/Nc2nc4ccccc4s2)CCC3)ccc1OCOc1ccccc1. The van der Waals surface area contributed by atoms with E-state index in [0.29, 0.717) is 11.4 Å². The lowest BCUT2D eigenvalue weighted by Crippen LogP contribution is -2.14. The Balaban J connectivity index is 1.24. The number of hydrogen-bond acceptors (Lipinski definition) is 8. The number of carbonyl (C=O) groups is 1. The highest BCUT2D eigenvalue weighted by Crippen LogP contribution is 2.30. The molecule has 39 heavy (non-hydrogen) atoms. The average molecular weight is 537 g/mol. The van der Waals surface area contributed by atoms with Crippen LogP contribution in [0.2, 0.25) is 0 Å². The number of para-hydroxylation sites is 2. The molecule has 2 N–H and O–H groups in total. The maximum Gasteiger partial charge on any atom is 0.358 e. The number of aryl methyl sites for hydroxylation is 1. The molecule has 8 nitrogen and oxygen atoms in total. The lowest BCUT2D eigenvalue weighted by Gasteiger charge is -2.19. The van der Waals surface area contributed by atoms with Crippen LogP contribution >= 0.6 is 11.3 Å². The van der Waals surface area contributed by atoms with Gasteiger partial charge in [-0.25, -0.2) is 14.8 Å². The van der Waals surface area contributed by atoms with E-state index in [9.17, 15) is 9.90 Å². The molecule has 0 amide bonds. The summed E-state index contributed by atoms with van der Waals surface area (Å²) in [6.07, 6.45) is 2.79. The van der Waals surface area contributed by atoms with Crippen molar-refractivity contribution in [1.29, 1.82) is 0 Å². The van der Waals surface area contributed by atoms with Crippen molar-refractivity contribution in [3.8, 4) is 22.8 Å². The van der Waals surface area contributed by atoms with Crippen molar-refractivity contribution >= 4 is 38.4 Å². The number of thiazole rings is 1. The Morgan fingerprint density at radius 3 is 2.64 bits per heavy atom. The highest BCUT2D eigenvalue weighted by Gasteiger charge is 2.19. The number of pyridine rings is 1. The number of hydrazone groups is 1. The van der Waals surface area contributed by atoms with Crippen molar-refractivity contribution in [2.24, 2.45) is 5.10 Å². The molecule has 1 aliphatic rings. The van der Waals surface area contributed by atoms with Gasteiger partial charge in [-0.2, -0.15) is 5.10 Å². The molecule has 3 aromatic carbocycles. The Bertz CT molecular complexity index is 1650. The molecule has 0 unspecified atom stereocenters. The van der Waals surface area contributed by atoms with E-state index in [0.717, 1.165) is 51.4 Å². The van der Waals surface area contributed by atoms with E-state index in [4.69, 9.17) is 14.6 Å². The first-order valence-corrected chi connectivity index (χ1v) is 13.3. The highest BCUT2D eigenvalue weighted by atomic mass is 32.1. The number of ether oxygens (including phenoxy) is 2. The average Bonchev–Trinajstić information content (AvgIpc) is 3.39. The molecular weight excluding hydrogens is 512 g/mol. The zero-order chi connectivity index (χ0) is 26.6. The van der Waals surface area contributed by atoms with E-state index >= 15 is 0 Å². The second kappa shape index (κ2) is 10.9. The fourth-order valence-electron chi connectivity index (χ4n) is 4.51. The monoisotopic (exact) mass is 536 g/mol. The predicted octanol–water partition coefficient (Wildman–Crippen LogP) is 6.62. The number of nitrogens with zero attached hydrogens (tertiary/aromatic N) is 3. The first-order valence-electron chi connectivity index (χ1n) is 12.5. The zero-order valence-electron chi connectivity index (χ0n) is 20.8. The fraction of sp³-hybridized carbons (Fsp3) is 0.133. The maximum absolute atomic E-state index is 12.0. The summed E-state index contributed by atoms with van der Waals surface area (Å²) in [6.45, 7) is -0.133. The molecule has 0 radical (unpaired) electrons. The maximum atomic E-state index is 12.0. The third kappa shape index (κ3) is 5.44. The fourth-order valence-corrected chi connectivity index (χ4v) is 5.32. The number of hydrogen-bond donors (Lipinski definition) is 2. The van der Waals surface area contributed by atoms with Gasteiger partial charge >= 0.3 is 5.97 Å². The summed E-state index contributed by atoms with van der Waals surface area (Å²) in [5.41, 5.74) is 8.42. The Labute approximate surface area is 228 Å². The first-order chi connectivity index (χ1) is 19.1. The van der Waals surface area contributed by atoms with E-state index in [-0.39, 0.29) is 18.2 Å².